The highest BCUT2D eigenvalue weighted by molar-refractivity contribution is 5.97. The minimum Gasteiger partial charge on any atom is -0.492 e. The molecule has 1 saturated heterocycles. The smallest absolute Gasteiger partial charge is 0.344 e. The molecule has 2 aromatic rings. The van der Waals surface area contributed by atoms with Gasteiger partial charge in [-0.2, -0.15) is 4.39 Å². The first-order valence-electron chi connectivity index (χ1n) is 9.10. The Morgan fingerprint density at radius 3 is 2.70 bits per heavy atom. The minimum atomic E-state index is -1.55. The average molecular weight is 375 g/mol. The normalized spacial score (nSPS) is 20.1. The number of nitrogens with zero attached hydrogens (tertiary/aromatic N) is 2. The van der Waals surface area contributed by atoms with Gasteiger partial charge in [-0.05, 0) is 31.9 Å². The number of anilines is 1. The van der Waals surface area contributed by atoms with E-state index in [0.717, 1.165) is 38.2 Å². The van der Waals surface area contributed by atoms with Crippen molar-refractivity contribution >= 4 is 22.6 Å². The first kappa shape index (κ1) is 17.8. The lowest BCUT2D eigenvalue weighted by atomic mass is 10.1. The summed E-state index contributed by atoms with van der Waals surface area (Å²) in [5.41, 5.74) is -0.490. The third kappa shape index (κ3) is 2.84. The zero-order chi connectivity index (χ0) is 19.3. The topological polar surface area (TPSA) is 83.8 Å². The fourth-order valence-electron chi connectivity index (χ4n) is 3.89. The minimum absolute atomic E-state index is 0.155. The van der Waals surface area contributed by atoms with Crippen LogP contribution in [0.15, 0.2) is 16.9 Å². The highest BCUT2D eigenvalue weighted by atomic mass is 19.1. The zero-order valence-corrected chi connectivity index (χ0v) is 15.3. The lowest BCUT2D eigenvalue weighted by Gasteiger charge is -2.35. The predicted molar refractivity (Wildman–Crippen MR) is 99.6 cm³/mol. The second-order valence-corrected chi connectivity index (χ2v) is 7.22. The van der Waals surface area contributed by atoms with Gasteiger partial charge < -0.3 is 24.6 Å². The number of piperazine rings is 1. The van der Waals surface area contributed by atoms with Crippen molar-refractivity contribution in [3.63, 3.8) is 0 Å². The number of fused-ring (bicyclic) bond motifs is 1. The van der Waals surface area contributed by atoms with Gasteiger partial charge in [0.2, 0.25) is 11.4 Å². The molecule has 2 aliphatic rings. The molecule has 4 rings (SSSR count). The number of halogens is 1. The number of nitrogens with one attached hydrogen (secondary N) is 1. The highest BCUT2D eigenvalue weighted by Crippen LogP contribution is 2.43. The van der Waals surface area contributed by atoms with Crippen molar-refractivity contribution < 1.29 is 19.0 Å². The standard InChI is InChI=1S/C19H22FN3O4/c1-10-9-22(8-7-21-10)13-6-5-12-15(17(13)27-2)23(11-3-4-11)18(20)14(16(12)24)19(25)26/h5-6,10-11,21H,3-4,7-9H2,1-2H3,(H,25,26). The molecular formula is C19H22FN3O4. The van der Waals surface area contributed by atoms with E-state index in [-0.39, 0.29) is 17.5 Å². The van der Waals surface area contributed by atoms with Gasteiger partial charge in [-0.1, -0.05) is 0 Å². The van der Waals surface area contributed by atoms with Crippen LogP contribution in [-0.4, -0.2) is 48.4 Å². The molecule has 1 aromatic heterocycles. The fraction of sp³-hybridized carbons (Fsp3) is 0.474. The van der Waals surface area contributed by atoms with Gasteiger partial charge in [0.15, 0.2) is 11.3 Å². The number of aromatic carboxylic acids is 1. The van der Waals surface area contributed by atoms with Crippen molar-refractivity contribution in [1.29, 1.82) is 0 Å². The molecule has 1 saturated carbocycles. The molecule has 0 bridgehead atoms. The van der Waals surface area contributed by atoms with E-state index in [1.54, 1.807) is 12.1 Å². The van der Waals surface area contributed by atoms with Crippen LogP contribution in [0.2, 0.25) is 0 Å². The van der Waals surface area contributed by atoms with E-state index in [2.05, 4.69) is 17.1 Å². The molecule has 0 spiro atoms. The Hall–Kier alpha value is -2.61. The Bertz CT molecular complexity index is 983. The van der Waals surface area contributed by atoms with Crippen molar-refractivity contribution in [2.45, 2.75) is 31.8 Å². The van der Waals surface area contributed by atoms with Gasteiger partial charge in [-0.25, -0.2) is 4.79 Å². The maximum atomic E-state index is 15.1. The second-order valence-electron chi connectivity index (χ2n) is 7.22. The van der Waals surface area contributed by atoms with Crippen LogP contribution in [0, 0.1) is 5.95 Å². The molecule has 2 heterocycles. The Balaban J connectivity index is 2.03. The van der Waals surface area contributed by atoms with Crippen LogP contribution in [0.5, 0.6) is 5.75 Å². The van der Waals surface area contributed by atoms with Crippen LogP contribution in [-0.2, 0) is 0 Å². The summed E-state index contributed by atoms with van der Waals surface area (Å²) in [5.74, 6) is -2.12. The van der Waals surface area contributed by atoms with Gasteiger partial charge in [0.1, 0.15) is 0 Å². The van der Waals surface area contributed by atoms with E-state index in [1.807, 2.05) is 0 Å². The second kappa shape index (κ2) is 6.53. The number of carboxylic acids is 1. The Kier molecular flexibility index (Phi) is 4.30. The summed E-state index contributed by atoms with van der Waals surface area (Å²) in [5, 5.41) is 12.9. The van der Waals surface area contributed by atoms with Crippen molar-refractivity contribution in [3.8, 4) is 5.75 Å². The number of hydrogen-bond acceptors (Lipinski definition) is 5. The van der Waals surface area contributed by atoms with Crippen LogP contribution in [0.4, 0.5) is 10.1 Å². The van der Waals surface area contributed by atoms with E-state index in [9.17, 15) is 14.7 Å². The number of benzene rings is 1. The van der Waals surface area contributed by atoms with Gasteiger partial charge in [-0.15, -0.1) is 0 Å². The van der Waals surface area contributed by atoms with E-state index in [1.165, 1.54) is 11.7 Å². The monoisotopic (exact) mass is 375 g/mol. The van der Waals surface area contributed by atoms with E-state index in [4.69, 9.17) is 4.74 Å². The van der Waals surface area contributed by atoms with Gasteiger partial charge in [0.05, 0.1) is 23.7 Å². The molecule has 8 heteroatoms. The number of rotatable bonds is 4. The van der Waals surface area contributed by atoms with Crippen molar-refractivity contribution in [2.75, 3.05) is 31.6 Å². The Labute approximate surface area is 155 Å². The van der Waals surface area contributed by atoms with E-state index < -0.39 is 22.9 Å². The summed E-state index contributed by atoms with van der Waals surface area (Å²) in [4.78, 5) is 26.3. The number of aromatic nitrogens is 1. The molecule has 27 heavy (non-hydrogen) atoms. The molecule has 7 nitrogen and oxygen atoms in total. The third-order valence-corrected chi connectivity index (χ3v) is 5.28. The van der Waals surface area contributed by atoms with Crippen molar-refractivity contribution in [3.05, 3.63) is 33.9 Å². The number of ether oxygens (including phenoxy) is 1. The quantitative estimate of drug-likeness (QED) is 0.795. The molecule has 1 aliphatic heterocycles. The number of carboxylic acid groups (broad SMARTS) is 1. The maximum Gasteiger partial charge on any atom is 0.344 e. The van der Waals surface area contributed by atoms with E-state index >= 15 is 4.39 Å². The zero-order valence-electron chi connectivity index (χ0n) is 15.3. The van der Waals surface area contributed by atoms with Crippen LogP contribution in [0.1, 0.15) is 36.2 Å². The molecule has 2 N–H and O–H groups in total. The highest BCUT2D eigenvalue weighted by Gasteiger charge is 2.34. The van der Waals surface area contributed by atoms with Crippen LogP contribution in [0.3, 0.4) is 0 Å². The fourth-order valence-corrected chi connectivity index (χ4v) is 3.89. The van der Waals surface area contributed by atoms with Gasteiger partial charge in [0, 0.05) is 31.7 Å². The molecule has 0 radical (unpaired) electrons. The summed E-state index contributed by atoms with van der Waals surface area (Å²) < 4.78 is 22.0. The number of pyridine rings is 1. The average Bonchev–Trinajstić information content (AvgIpc) is 3.45. The number of hydrogen-bond donors (Lipinski definition) is 2. The summed E-state index contributed by atoms with van der Waals surface area (Å²) in [6.07, 6.45) is 1.48. The Morgan fingerprint density at radius 1 is 1.37 bits per heavy atom. The van der Waals surface area contributed by atoms with Crippen LogP contribution < -0.4 is 20.4 Å². The lowest BCUT2D eigenvalue weighted by Crippen LogP contribution is -2.49. The van der Waals surface area contributed by atoms with E-state index in [0.29, 0.717) is 11.3 Å². The van der Waals surface area contributed by atoms with Gasteiger partial charge >= 0.3 is 5.97 Å². The molecule has 1 atom stereocenters. The van der Waals surface area contributed by atoms with Crippen LogP contribution >= 0.6 is 0 Å². The van der Waals surface area contributed by atoms with Crippen LogP contribution in [0.25, 0.3) is 10.9 Å². The summed E-state index contributed by atoms with van der Waals surface area (Å²) in [6, 6.07) is 3.49. The lowest BCUT2D eigenvalue weighted by molar-refractivity contribution is 0.0688. The summed E-state index contributed by atoms with van der Waals surface area (Å²) >= 11 is 0. The van der Waals surface area contributed by atoms with Gasteiger partial charge in [0.25, 0.3) is 0 Å². The molecule has 0 amide bonds. The molecular weight excluding hydrogens is 353 g/mol. The Morgan fingerprint density at radius 2 is 2.11 bits per heavy atom. The number of carbonyl (C=O) groups is 1. The summed E-state index contributed by atoms with van der Waals surface area (Å²) in [7, 11) is 1.49. The summed E-state index contributed by atoms with van der Waals surface area (Å²) in [6.45, 7) is 4.41. The van der Waals surface area contributed by atoms with Gasteiger partial charge in [-0.3, -0.25) is 4.79 Å². The molecule has 2 fully saturated rings. The molecule has 1 unspecified atom stereocenters. The largest absolute Gasteiger partial charge is 0.492 e. The number of methoxy groups -OCH3 is 1. The molecule has 144 valence electrons. The van der Waals surface area contributed by atoms with Crippen molar-refractivity contribution in [1.82, 2.24) is 9.88 Å². The van der Waals surface area contributed by atoms with Crippen molar-refractivity contribution in [2.24, 2.45) is 0 Å². The first-order valence-corrected chi connectivity index (χ1v) is 9.10. The maximum absolute atomic E-state index is 15.1. The first-order chi connectivity index (χ1) is 12.9. The molecule has 1 aliphatic carbocycles. The third-order valence-electron chi connectivity index (χ3n) is 5.28. The predicted octanol–water partition coefficient (Wildman–Crippen LogP) is 1.98. The SMILES string of the molecule is COc1c(N2CCNC(C)C2)ccc2c(=O)c(C(=O)O)c(F)n(C3CC3)c12. The molecule has 1 aromatic carbocycles.